The highest BCUT2D eigenvalue weighted by Crippen LogP contribution is 2.16. The maximum absolute atomic E-state index is 11.4. The summed E-state index contributed by atoms with van der Waals surface area (Å²) in [6, 6.07) is 0. The Morgan fingerprint density at radius 3 is 2.62 bits per heavy atom. The first-order valence-electron chi connectivity index (χ1n) is 4.40. The lowest BCUT2D eigenvalue weighted by molar-refractivity contribution is -0.159. The minimum atomic E-state index is -0.367. The third-order valence-corrected chi connectivity index (χ3v) is 2.78. The number of aromatic nitrogens is 2. The molecule has 2 amide bonds. The molecule has 2 heterocycles. The third-order valence-electron chi connectivity index (χ3n) is 1.94. The molecule has 0 saturated carbocycles. The molecular formula is C7H9N5O3S. The lowest BCUT2D eigenvalue weighted by Gasteiger charge is -2.23. The first-order valence-corrected chi connectivity index (χ1v) is 5.22. The maximum Gasteiger partial charge on any atom is 0.255 e. The number of hydrogen-bond donors (Lipinski definition) is 2. The molecule has 1 aliphatic heterocycles. The summed E-state index contributed by atoms with van der Waals surface area (Å²) < 4.78 is 4.78. The Bertz CT molecular complexity index is 404. The molecule has 8 nitrogen and oxygen atoms in total. The van der Waals surface area contributed by atoms with Gasteiger partial charge in [0.25, 0.3) is 11.8 Å². The van der Waals surface area contributed by atoms with Gasteiger partial charge in [0.15, 0.2) is 0 Å². The zero-order chi connectivity index (χ0) is 11.5. The fourth-order valence-electron chi connectivity index (χ4n) is 1.21. The summed E-state index contributed by atoms with van der Waals surface area (Å²) in [5, 5.41) is 8.46. The van der Waals surface area contributed by atoms with E-state index in [1.165, 1.54) is 11.3 Å². The van der Waals surface area contributed by atoms with Crippen molar-refractivity contribution in [2.75, 3.05) is 18.6 Å². The number of anilines is 1. The van der Waals surface area contributed by atoms with E-state index in [9.17, 15) is 9.59 Å². The Morgan fingerprint density at radius 2 is 2.06 bits per heavy atom. The predicted molar refractivity (Wildman–Crippen MR) is 54.1 cm³/mol. The highest BCUT2D eigenvalue weighted by molar-refractivity contribution is 7.15. The summed E-state index contributed by atoms with van der Waals surface area (Å²) >= 11 is 1.19. The molecule has 1 saturated heterocycles. The van der Waals surface area contributed by atoms with Crippen molar-refractivity contribution < 1.29 is 14.3 Å². The van der Waals surface area contributed by atoms with Gasteiger partial charge in [0.2, 0.25) is 5.13 Å². The number of hydrazine groups is 1. The topological polar surface area (TPSA) is 110 Å². The van der Waals surface area contributed by atoms with E-state index >= 15 is 0 Å². The third kappa shape index (κ3) is 2.15. The monoisotopic (exact) mass is 243 g/mol. The van der Waals surface area contributed by atoms with E-state index in [0.717, 1.165) is 4.90 Å². The molecule has 0 atom stereocenters. The maximum atomic E-state index is 11.4. The van der Waals surface area contributed by atoms with Crippen LogP contribution in [0.25, 0.3) is 0 Å². The molecule has 86 valence electrons. The standard InChI is InChI=1S/C7H9N5O3S/c8-9-7-11-10-4(16-7)1-12-5(13)2-15-3-6(12)14/h1-3,8H2,(H,9,11). The molecule has 9 heteroatoms. The molecule has 1 aliphatic rings. The van der Waals surface area contributed by atoms with Crippen LogP contribution < -0.4 is 11.3 Å². The molecule has 0 aromatic carbocycles. The van der Waals surface area contributed by atoms with Crippen LogP contribution in [0.1, 0.15) is 5.01 Å². The molecule has 0 aliphatic carbocycles. The van der Waals surface area contributed by atoms with Crippen LogP contribution in [0.5, 0.6) is 0 Å². The first kappa shape index (κ1) is 10.9. The van der Waals surface area contributed by atoms with Crippen LogP contribution >= 0.6 is 11.3 Å². The number of carbonyl (C=O) groups excluding carboxylic acids is 2. The molecule has 1 aromatic heterocycles. The number of nitrogens with zero attached hydrogens (tertiary/aromatic N) is 3. The van der Waals surface area contributed by atoms with Crippen molar-refractivity contribution in [1.29, 1.82) is 0 Å². The average molecular weight is 243 g/mol. The van der Waals surface area contributed by atoms with Crippen LogP contribution in [0.4, 0.5) is 5.13 Å². The number of nitrogen functional groups attached to an aromatic ring is 1. The van der Waals surface area contributed by atoms with Crippen molar-refractivity contribution in [2.24, 2.45) is 5.84 Å². The fourth-order valence-corrected chi connectivity index (χ4v) is 1.85. The fraction of sp³-hybridized carbons (Fsp3) is 0.429. The molecule has 0 spiro atoms. The summed E-state index contributed by atoms with van der Waals surface area (Å²) in [6.45, 7) is -0.0422. The summed E-state index contributed by atoms with van der Waals surface area (Å²) in [5.41, 5.74) is 2.34. The van der Waals surface area contributed by atoms with Gasteiger partial charge >= 0.3 is 0 Å². The second kappa shape index (κ2) is 4.51. The second-order valence-corrected chi connectivity index (χ2v) is 4.07. The van der Waals surface area contributed by atoms with Gasteiger partial charge in [-0.2, -0.15) is 0 Å². The van der Waals surface area contributed by atoms with E-state index < -0.39 is 0 Å². The van der Waals surface area contributed by atoms with Gasteiger partial charge in [-0.05, 0) is 0 Å². The van der Waals surface area contributed by atoms with E-state index in [-0.39, 0.29) is 31.6 Å². The van der Waals surface area contributed by atoms with Gasteiger partial charge in [-0.25, -0.2) is 5.84 Å². The van der Waals surface area contributed by atoms with Crippen LogP contribution in [0.3, 0.4) is 0 Å². The molecule has 0 unspecified atom stereocenters. The smallest absolute Gasteiger partial charge is 0.255 e. The normalized spacial score (nSPS) is 16.7. The Morgan fingerprint density at radius 1 is 1.38 bits per heavy atom. The second-order valence-electron chi connectivity index (χ2n) is 3.01. The van der Waals surface area contributed by atoms with Crippen LogP contribution in [-0.4, -0.2) is 40.1 Å². The highest BCUT2D eigenvalue weighted by Gasteiger charge is 2.27. The number of amides is 2. The van der Waals surface area contributed by atoms with Crippen molar-refractivity contribution in [2.45, 2.75) is 6.54 Å². The van der Waals surface area contributed by atoms with Crippen molar-refractivity contribution in [3.8, 4) is 0 Å². The molecular weight excluding hydrogens is 234 g/mol. The van der Waals surface area contributed by atoms with Crippen molar-refractivity contribution in [3.63, 3.8) is 0 Å². The highest BCUT2D eigenvalue weighted by atomic mass is 32.1. The number of nitrogens with one attached hydrogen (secondary N) is 1. The average Bonchev–Trinajstić information content (AvgIpc) is 2.71. The van der Waals surface area contributed by atoms with Crippen molar-refractivity contribution in [1.82, 2.24) is 15.1 Å². The van der Waals surface area contributed by atoms with E-state index in [0.29, 0.717) is 10.1 Å². The number of nitrogens with two attached hydrogens (primary N) is 1. The number of rotatable bonds is 3. The molecule has 1 aromatic rings. The predicted octanol–water partition coefficient (Wildman–Crippen LogP) is -1.29. The number of morpholine rings is 1. The number of carbonyl (C=O) groups is 2. The van der Waals surface area contributed by atoms with Gasteiger partial charge in [0, 0.05) is 0 Å². The summed E-state index contributed by atoms with van der Waals surface area (Å²) in [6.07, 6.45) is 0. The van der Waals surface area contributed by atoms with Crippen LogP contribution in [0, 0.1) is 0 Å². The number of hydrogen-bond acceptors (Lipinski definition) is 8. The molecule has 0 bridgehead atoms. The van der Waals surface area contributed by atoms with Gasteiger partial charge in [0.1, 0.15) is 18.2 Å². The quantitative estimate of drug-likeness (QED) is 0.386. The summed E-state index contributed by atoms with van der Waals surface area (Å²) in [7, 11) is 0. The zero-order valence-electron chi connectivity index (χ0n) is 8.17. The Hall–Kier alpha value is -1.58. The van der Waals surface area contributed by atoms with E-state index in [1.807, 2.05) is 0 Å². The van der Waals surface area contributed by atoms with Crippen LogP contribution in [0.2, 0.25) is 0 Å². The minimum absolute atomic E-state index is 0.0768. The zero-order valence-corrected chi connectivity index (χ0v) is 8.99. The van der Waals surface area contributed by atoms with Gasteiger partial charge in [-0.3, -0.25) is 19.9 Å². The number of ether oxygens (including phenoxy) is 1. The Balaban J connectivity index is 2.07. The molecule has 3 N–H and O–H groups in total. The van der Waals surface area contributed by atoms with Crippen molar-refractivity contribution >= 4 is 28.3 Å². The largest absolute Gasteiger partial charge is 0.362 e. The van der Waals surface area contributed by atoms with E-state index in [4.69, 9.17) is 10.6 Å². The van der Waals surface area contributed by atoms with Gasteiger partial charge < -0.3 is 4.74 Å². The van der Waals surface area contributed by atoms with E-state index in [1.54, 1.807) is 0 Å². The molecule has 16 heavy (non-hydrogen) atoms. The van der Waals surface area contributed by atoms with E-state index in [2.05, 4.69) is 15.6 Å². The Labute approximate surface area is 94.4 Å². The SMILES string of the molecule is NNc1nnc(CN2C(=O)COCC2=O)s1. The van der Waals surface area contributed by atoms with Crippen LogP contribution in [-0.2, 0) is 20.9 Å². The molecule has 2 rings (SSSR count). The van der Waals surface area contributed by atoms with Gasteiger partial charge in [-0.15, -0.1) is 10.2 Å². The van der Waals surface area contributed by atoms with Crippen molar-refractivity contribution in [3.05, 3.63) is 5.01 Å². The molecule has 1 fully saturated rings. The Kier molecular flexibility index (Phi) is 3.08. The lowest BCUT2D eigenvalue weighted by Crippen LogP contribution is -2.45. The van der Waals surface area contributed by atoms with Gasteiger partial charge in [0.05, 0.1) is 6.54 Å². The lowest BCUT2D eigenvalue weighted by atomic mass is 10.4. The van der Waals surface area contributed by atoms with Gasteiger partial charge in [-0.1, -0.05) is 11.3 Å². The summed E-state index contributed by atoms with van der Waals surface area (Å²) in [5.74, 6) is 4.41. The molecule has 0 radical (unpaired) electrons. The number of imide groups is 1. The van der Waals surface area contributed by atoms with Crippen LogP contribution in [0.15, 0.2) is 0 Å². The minimum Gasteiger partial charge on any atom is -0.362 e. The summed E-state index contributed by atoms with van der Waals surface area (Å²) in [4.78, 5) is 23.9. The first-order chi connectivity index (χ1) is 7.70.